The molecule has 0 spiro atoms. The van der Waals surface area contributed by atoms with E-state index in [9.17, 15) is 32.0 Å². The summed E-state index contributed by atoms with van der Waals surface area (Å²) in [5.41, 5.74) is -4.11. The predicted octanol–water partition coefficient (Wildman–Crippen LogP) is 4.93. The highest BCUT2D eigenvalue weighted by Gasteiger charge is 2.37. The Morgan fingerprint density at radius 2 is 1.89 bits per heavy atom. The number of allylic oxidation sites excluding steroid dienone is 2. The number of ether oxygens (including phenoxy) is 2. The average molecular weight is 518 g/mol. The molecule has 4 rings (SSSR count). The summed E-state index contributed by atoms with van der Waals surface area (Å²) in [6.45, 7) is -0.546. The van der Waals surface area contributed by atoms with Crippen LogP contribution in [0.1, 0.15) is 29.2 Å². The minimum atomic E-state index is -5.00. The van der Waals surface area contributed by atoms with Crippen molar-refractivity contribution in [3.8, 4) is 17.3 Å². The van der Waals surface area contributed by atoms with E-state index in [-0.39, 0.29) is 22.9 Å². The molecule has 1 unspecified atom stereocenters. The van der Waals surface area contributed by atoms with E-state index in [4.69, 9.17) is 9.47 Å². The van der Waals surface area contributed by atoms with Gasteiger partial charge in [0.15, 0.2) is 11.5 Å². The number of nitrogens with zero attached hydrogens (tertiary/aromatic N) is 4. The number of rotatable bonds is 6. The van der Waals surface area contributed by atoms with Gasteiger partial charge in [-0.15, -0.1) is 0 Å². The first kappa shape index (κ1) is 25.7. The molecule has 7 nitrogen and oxygen atoms in total. The molecule has 0 radical (unpaired) electrons. The van der Waals surface area contributed by atoms with Crippen molar-refractivity contribution in [1.29, 1.82) is 5.26 Å². The molecule has 2 aromatic heterocycles. The first-order chi connectivity index (χ1) is 17.6. The minimum absolute atomic E-state index is 0.114. The van der Waals surface area contributed by atoms with Gasteiger partial charge in [-0.05, 0) is 30.7 Å². The zero-order valence-corrected chi connectivity index (χ0v) is 19.5. The highest BCUT2D eigenvalue weighted by atomic mass is 19.4. The smallest absolute Gasteiger partial charge is 0.417 e. The van der Waals surface area contributed by atoms with Gasteiger partial charge in [0.2, 0.25) is 0 Å². The molecule has 0 aliphatic heterocycles. The Hall–Kier alpha value is -4.40. The van der Waals surface area contributed by atoms with Crippen molar-refractivity contribution in [3.63, 3.8) is 0 Å². The molecule has 1 aliphatic rings. The second kappa shape index (κ2) is 9.93. The van der Waals surface area contributed by atoms with Crippen molar-refractivity contribution in [1.82, 2.24) is 14.3 Å². The van der Waals surface area contributed by atoms with Gasteiger partial charge in [-0.1, -0.05) is 6.07 Å². The molecular weight excluding hydrogens is 499 g/mol. The van der Waals surface area contributed by atoms with Gasteiger partial charge in [0.1, 0.15) is 23.3 Å². The molecule has 0 bridgehead atoms. The molecule has 12 heteroatoms. The van der Waals surface area contributed by atoms with Crippen LogP contribution in [0.3, 0.4) is 0 Å². The van der Waals surface area contributed by atoms with Crippen LogP contribution in [0.4, 0.5) is 22.0 Å². The van der Waals surface area contributed by atoms with Crippen LogP contribution in [-0.2, 0) is 22.2 Å². The third kappa shape index (κ3) is 4.97. The molecule has 1 atom stereocenters. The molecule has 192 valence electrons. The van der Waals surface area contributed by atoms with E-state index in [0.29, 0.717) is 30.1 Å². The molecule has 1 aliphatic carbocycles. The van der Waals surface area contributed by atoms with Gasteiger partial charge in [-0.3, -0.25) is 9.48 Å². The fourth-order valence-electron chi connectivity index (χ4n) is 4.04. The number of nitriles is 1. The van der Waals surface area contributed by atoms with Crippen molar-refractivity contribution in [2.75, 3.05) is 14.2 Å². The molecule has 37 heavy (non-hydrogen) atoms. The van der Waals surface area contributed by atoms with Crippen LogP contribution in [-0.4, -0.2) is 28.6 Å². The first-order valence-corrected chi connectivity index (χ1v) is 10.8. The fraction of sp³-hybridized carbons (Fsp3) is 0.240. The monoisotopic (exact) mass is 518 g/mol. The Morgan fingerprint density at radius 1 is 1.16 bits per heavy atom. The summed E-state index contributed by atoms with van der Waals surface area (Å²) in [7, 11) is 2.94. The number of hydrogen-bond donors (Lipinski definition) is 0. The van der Waals surface area contributed by atoms with E-state index in [1.165, 1.54) is 37.4 Å². The summed E-state index contributed by atoms with van der Waals surface area (Å²) >= 11 is 0. The fourth-order valence-corrected chi connectivity index (χ4v) is 4.04. The lowest BCUT2D eigenvalue weighted by Crippen LogP contribution is -2.29. The maximum atomic E-state index is 14.4. The lowest BCUT2D eigenvalue weighted by atomic mass is 10.0. The van der Waals surface area contributed by atoms with E-state index in [1.807, 2.05) is 0 Å². The van der Waals surface area contributed by atoms with Crippen LogP contribution in [0.25, 0.3) is 11.3 Å². The predicted molar refractivity (Wildman–Crippen MR) is 121 cm³/mol. The Balaban J connectivity index is 1.86. The zero-order valence-electron chi connectivity index (χ0n) is 19.5. The van der Waals surface area contributed by atoms with Crippen molar-refractivity contribution in [2.45, 2.75) is 25.2 Å². The van der Waals surface area contributed by atoms with Crippen LogP contribution in [0.15, 0.2) is 65.1 Å². The molecule has 0 saturated heterocycles. The minimum Gasteiger partial charge on any atom is -0.493 e. The molecule has 0 amide bonds. The SMILES string of the molecule is COC1=CCC(n2cc(-c3cc(C(F)(F)F)c(C#N)c(=O)n3Cc3ccc(F)cc3F)cn2)C=C1OC. The number of hydrogen-bond acceptors (Lipinski definition) is 5. The number of aromatic nitrogens is 3. The molecule has 2 heterocycles. The first-order valence-electron chi connectivity index (χ1n) is 10.8. The van der Waals surface area contributed by atoms with Crippen molar-refractivity contribution in [2.24, 2.45) is 0 Å². The number of pyridine rings is 1. The Kier molecular flexibility index (Phi) is 6.89. The maximum Gasteiger partial charge on any atom is 0.417 e. The number of alkyl halides is 3. The van der Waals surface area contributed by atoms with E-state index >= 15 is 0 Å². The summed E-state index contributed by atoms with van der Waals surface area (Å²) in [5.74, 6) is -0.894. The van der Waals surface area contributed by atoms with Crippen LogP contribution < -0.4 is 5.56 Å². The highest BCUT2D eigenvalue weighted by molar-refractivity contribution is 5.61. The van der Waals surface area contributed by atoms with Crippen LogP contribution in [0, 0.1) is 23.0 Å². The number of halogens is 5. The van der Waals surface area contributed by atoms with E-state index in [0.717, 1.165) is 16.7 Å². The zero-order chi connectivity index (χ0) is 26.9. The Labute approximate surface area is 207 Å². The molecule has 0 saturated carbocycles. The Morgan fingerprint density at radius 3 is 2.51 bits per heavy atom. The van der Waals surface area contributed by atoms with E-state index < -0.39 is 41.0 Å². The normalized spacial score (nSPS) is 15.6. The summed E-state index contributed by atoms with van der Waals surface area (Å²) in [6.07, 6.45) is 1.60. The van der Waals surface area contributed by atoms with Gasteiger partial charge in [0.05, 0.1) is 44.3 Å². The van der Waals surface area contributed by atoms with Gasteiger partial charge < -0.3 is 14.0 Å². The second-order valence-corrected chi connectivity index (χ2v) is 8.07. The van der Waals surface area contributed by atoms with Gasteiger partial charge in [0, 0.05) is 23.4 Å². The summed E-state index contributed by atoms with van der Waals surface area (Å²) < 4.78 is 81.9. The number of methoxy groups -OCH3 is 2. The van der Waals surface area contributed by atoms with Gasteiger partial charge in [0.25, 0.3) is 5.56 Å². The Bertz CT molecular complexity index is 1510. The third-order valence-electron chi connectivity index (χ3n) is 5.87. The molecule has 3 aromatic rings. The van der Waals surface area contributed by atoms with Gasteiger partial charge >= 0.3 is 6.18 Å². The summed E-state index contributed by atoms with van der Waals surface area (Å²) in [5, 5.41) is 13.6. The van der Waals surface area contributed by atoms with Crippen molar-refractivity contribution >= 4 is 0 Å². The van der Waals surface area contributed by atoms with Gasteiger partial charge in [-0.2, -0.15) is 23.5 Å². The lowest BCUT2D eigenvalue weighted by molar-refractivity contribution is -0.137. The second-order valence-electron chi connectivity index (χ2n) is 8.07. The standard InChI is InChI=1S/C25H19F5N4O3/c1-36-22-6-5-17(8-23(22)37-2)34-13-15(11-32-34)21-9-19(25(28,29)30)18(10-31)24(35)33(21)12-14-3-4-16(26)7-20(14)27/h3-4,6-9,11,13,17H,5,12H2,1-2H3. The lowest BCUT2D eigenvalue weighted by Gasteiger charge is -2.20. The summed E-state index contributed by atoms with van der Waals surface area (Å²) in [6, 6.07) is 4.22. The number of benzene rings is 1. The molecule has 0 N–H and O–H groups in total. The third-order valence-corrected chi connectivity index (χ3v) is 5.87. The topological polar surface area (TPSA) is 82.1 Å². The van der Waals surface area contributed by atoms with E-state index in [2.05, 4.69) is 5.10 Å². The van der Waals surface area contributed by atoms with Crippen molar-refractivity contribution < 1.29 is 31.4 Å². The van der Waals surface area contributed by atoms with Crippen LogP contribution in [0.2, 0.25) is 0 Å². The average Bonchev–Trinajstić information content (AvgIpc) is 3.35. The maximum absolute atomic E-state index is 14.4. The molecule has 0 fully saturated rings. The summed E-state index contributed by atoms with van der Waals surface area (Å²) in [4.78, 5) is 13.1. The molecular formula is C25H19F5N4O3. The van der Waals surface area contributed by atoms with Crippen LogP contribution in [0.5, 0.6) is 0 Å². The largest absolute Gasteiger partial charge is 0.493 e. The van der Waals surface area contributed by atoms with Crippen molar-refractivity contribution in [3.05, 3.63) is 99.0 Å². The van der Waals surface area contributed by atoms with Gasteiger partial charge in [-0.25, -0.2) is 8.78 Å². The highest BCUT2D eigenvalue weighted by Crippen LogP contribution is 2.34. The molecule has 1 aromatic carbocycles. The van der Waals surface area contributed by atoms with E-state index in [1.54, 1.807) is 12.2 Å². The quantitative estimate of drug-likeness (QED) is 0.432. The van der Waals surface area contributed by atoms with Crippen LogP contribution >= 0.6 is 0 Å².